The molecule has 0 aromatic heterocycles. The molecule has 0 N–H and O–H groups in total. The molecule has 138 valence electrons. The number of hydrogen-bond donors (Lipinski definition) is 0. The van der Waals surface area contributed by atoms with Crippen LogP contribution in [-0.4, -0.2) is 19.2 Å². The lowest BCUT2D eigenvalue weighted by Gasteiger charge is -2.27. The normalized spacial score (nSPS) is 10.6. The first-order chi connectivity index (χ1) is 12.7. The van der Waals surface area contributed by atoms with Crippen LogP contribution in [0.15, 0.2) is 103 Å². The molecule has 0 aliphatic carbocycles. The second kappa shape index (κ2) is 9.64. The van der Waals surface area contributed by atoms with Crippen LogP contribution in [0, 0.1) is 0 Å². The zero-order valence-electron chi connectivity index (χ0n) is 15.2. The molecule has 0 aliphatic heterocycles. The van der Waals surface area contributed by atoms with Crippen LogP contribution in [0.4, 0.5) is 0 Å². The first-order valence-corrected chi connectivity index (χ1v) is 10.5. The quantitative estimate of drug-likeness (QED) is 0.320. The minimum absolute atomic E-state index is 0. The minimum Gasteiger partial charge on any atom is -1.00 e. The third-order valence-electron chi connectivity index (χ3n) is 4.49. The van der Waals surface area contributed by atoms with Gasteiger partial charge in [0.15, 0.2) is 0 Å². The Morgan fingerprint density at radius 3 is 1.41 bits per heavy atom. The summed E-state index contributed by atoms with van der Waals surface area (Å²) < 4.78 is 4.94. The van der Waals surface area contributed by atoms with Crippen LogP contribution in [0.2, 0.25) is 0 Å². The van der Waals surface area contributed by atoms with Gasteiger partial charge in [0.1, 0.15) is 29.3 Å². The number of halogens is 1. The summed E-state index contributed by atoms with van der Waals surface area (Å²) in [6.45, 7) is 4.04. The highest BCUT2D eigenvalue weighted by Crippen LogP contribution is 2.56. The number of esters is 1. The van der Waals surface area contributed by atoms with Crippen LogP contribution in [0.3, 0.4) is 0 Å². The van der Waals surface area contributed by atoms with Gasteiger partial charge in [-0.2, -0.15) is 0 Å². The van der Waals surface area contributed by atoms with E-state index in [4.69, 9.17) is 4.74 Å². The van der Waals surface area contributed by atoms with E-state index >= 15 is 0 Å². The molecule has 0 atom stereocenters. The Hall–Kier alpha value is -2.22. The van der Waals surface area contributed by atoms with Crippen LogP contribution in [0.25, 0.3) is 0 Å². The van der Waals surface area contributed by atoms with E-state index in [9.17, 15) is 4.79 Å². The van der Waals surface area contributed by atoms with Crippen molar-refractivity contribution in [1.82, 2.24) is 0 Å². The highest BCUT2D eigenvalue weighted by molar-refractivity contribution is 7.95. The fraction of sp³-hybridized carbons (Fsp3) is 0.0870. The Labute approximate surface area is 172 Å². The standard InChI is InChI=1S/C23H22O2P.BrH/c1-19(23(24)25-2)18-26(20-12-6-3-7-13-20,21-14-8-4-9-15-21)22-16-10-5-11-17-22;/h3-17H,1,18H2,2H3;1H/q+1;/p-1. The number of methoxy groups -OCH3 is 1. The Kier molecular flexibility index (Phi) is 7.53. The van der Waals surface area contributed by atoms with Crippen molar-refractivity contribution in [2.24, 2.45) is 0 Å². The first-order valence-electron chi connectivity index (χ1n) is 8.49. The zero-order chi connectivity index (χ0) is 18.4. The summed E-state index contributed by atoms with van der Waals surface area (Å²) in [4.78, 5) is 12.2. The lowest BCUT2D eigenvalue weighted by atomic mass is 10.3. The molecule has 0 heterocycles. The predicted octanol–water partition coefficient (Wildman–Crippen LogP) is 0.714. The number of rotatable bonds is 6. The van der Waals surface area contributed by atoms with Gasteiger partial charge < -0.3 is 21.7 Å². The summed E-state index contributed by atoms with van der Waals surface area (Å²) in [6.07, 6.45) is 0.553. The van der Waals surface area contributed by atoms with Gasteiger partial charge in [0.2, 0.25) is 0 Å². The molecule has 0 unspecified atom stereocenters. The molecule has 3 rings (SSSR count). The molecule has 0 saturated carbocycles. The highest BCUT2D eigenvalue weighted by atomic mass is 79.9. The molecule has 27 heavy (non-hydrogen) atoms. The van der Waals surface area contributed by atoms with E-state index in [0.29, 0.717) is 11.7 Å². The van der Waals surface area contributed by atoms with Crippen molar-refractivity contribution >= 4 is 29.1 Å². The average Bonchev–Trinajstić information content (AvgIpc) is 2.73. The molecule has 2 nitrogen and oxygen atoms in total. The van der Waals surface area contributed by atoms with Gasteiger partial charge in [-0.25, -0.2) is 4.79 Å². The van der Waals surface area contributed by atoms with Crippen LogP contribution in [0.5, 0.6) is 0 Å². The number of benzene rings is 3. The van der Waals surface area contributed by atoms with Gasteiger partial charge in [0.25, 0.3) is 0 Å². The Balaban J connectivity index is 0.00000261. The SMILES string of the molecule is C=C(C[P+](c1ccccc1)(c1ccccc1)c1ccccc1)C(=O)OC.[Br-]. The van der Waals surface area contributed by atoms with E-state index in [0.717, 1.165) is 0 Å². The Morgan fingerprint density at radius 2 is 1.11 bits per heavy atom. The summed E-state index contributed by atoms with van der Waals surface area (Å²) in [6, 6.07) is 31.3. The van der Waals surface area contributed by atoms with Crippen molar-refractivity contribution in [2.75, 3.05) is 13.3 Å². The second-order valence-corrected chi connectivity index (χ2v) is 9.55. The molecular weight excluding hydrogens is 419 g/mol. The third-order valence-corrected chi connectivity index (χ3v) is 8.89. The molecule has 4 heteroatoms. The summed E-state index contributed by atoms with van der Waals surface area (Å²) >= 11 is 0. The van der Waals surface area contributed by atoms with Crippen molar-refractivity contribution in [1.29, 1.82) is 0 Å². The molecule has 0 aliphatic rings. The molecule has 3 aromatic carbocycles. The van der Waals surface area contributed by atoms with Gasteiger partial charge in [0.05, 0.1) is 12.7 Å². The van der Waals surface area contributed by atoms with Gasteiger partial charge in [-0.05, 0) is 36.4 Å². The maximum Gasteiger partial charge on any atom is 0.336 e. The minimum atomic E-state index is -2.08. The Morgan fingerprint density at radius 1 is 0.778 bits per heavy atom. The van der Waals surface area contributed by atoms with Crippen LogP contribution in [-0.2, 0) is 9.53 Å². The van der Waals surface area contributed by atoms with Crippen molar-refractivity contribution in [2.45, 2.75) is 0 Å². The fourth-order valence-corrected chi connectivity index (χ4v) is 7.45. The van der Waals surface area contributed by atoms with E-state index in [-0.39, 0.29) is 23.0 Å². The van der Waals surface area contributed by atoms with Crippen molar-refractivity contribution in [3.05, 3.63) is 103 Å². The number of carbonyl (C=O) groups excluding carboxylic acids is 1. The smallest absolute Gasteiger partial charge is 0.336 e. The monoisotopic (exact) mass is 440 g/mol. The second-order valence-electron chi connectivity index (χ2n) is 6.07. The average molecular weight is 441 g/mol. The fourth-order valence-electron chi connectivity index (χ4n) is 3.26. The molecule has 3 aromatic rings. The van der Waals surface area contributed by atoms with Gasteiger partial charge in [-0.1, -0.05) is 61.2 Å². The highest BCUT2D eigenvalue weighted by Gasteiger charge is 2.46. The van der Waals surface area contributed by atoms with E-state index < -0.39 is 7.26 Å². The molecule has 0 spiro atoms. The first kappa shape index (κ1) is 21.1. The van der Waals surface area contributed by atoms with Gasteiger partial charge in [-0.3, -0.25) is 0 Å². The summed E-state index contributed by atoms with van der Waals surface area (Å²) in [5.74, 6) is -0.350. The molecule has 0 bridgehead atoms. The van der Waals surface area contributed by atoms with E-state index in [2.05, 4.69) is 79.4 Å². The lowest BCUT2D eigenvalue weighted by Crippen LogP contribution is -3.00. The molecule has 0 saturated heterocycles. The summed E-state index contributed by atoms with van der Waals surface area (Å²) in [5.41, 5.74) is 0.498. The van der Waals surface area contributed by atoms with E-state index in [1.54, 1.807) is 0 Å². The molecular formula is C23H22BrO2P. The van der Waals surface area contributed by atoms with E-state index in [1.807, 2.05) is 18.2 Å². The number of hydrogen-bond acceptors (Lipinski definition) is 2. The lowest BCUT2D eigenvalue weighted by molar-refractivity contribution is -0.135. The zero-order valence-corrected chi connectivity index (χ0v) is 17.7. The third kappa shape index (κ3) is 4.37. The van der Waals surface area contributed by atoms with Crippen molar-refractivity contribution in [3.8, 4) is 0 Å². The van der Waals surface area contributed by atoms with E-state index in [1.165, 1.54) is 23.0 Å². The Bertz CT molecular complexity index is 783. The molecule has 0 radical (unpaired) electrons. The van der Waals surface area contributed by atoms with Crippen LogP contribution in [0.1, 0.15) is 0 Å². The van der Waals surface area contributed by atoms with Crippen LogP contribution < -0.4 is 32.9 Å². The topological polar surface area (TPSA) is 26.3 Å². The van der Waals surface area contributed by atoms with Gasteiger partial charge >= 0.3 is 5.97 Å². The number of ether oxygens (including phenoxy) is 1. The molecule has 0 fully saturated rings. The maximum atomic E-state index is 12.2. The molecule has 0 amide bonds. The van der Waals surface area contributed by atoms with Crippen molar-refractivity contribution < 1.29 is 26.5 Å². The summed E-state index contributed by atoms with van der Waals surface area (Å²) in [7, 11) is -0.673. The predicted molar refractivity (Wildman–Crippen MR) is 111 cm³/mol. The number of carbonyl (C=O) groups is 1. The van der Waals surface area contributed by atoms with Gasteiger partial charge in [0, 0.05) is 0 Å². The maximum absolute atomic E-state index is 12.2. The summed E-state index contributed by atoms with van der Waals surface area (Å²) in [5, 5.41) is 3.67. The largest absolute Gasteiger partial charge is 1.00 e. The van der Waals surface area contributed by atoms with Gasteiger partial charge in [-0.15, -0.1) is 0 Å². The van der Waals surface area contributed by atoms with Crippen molar-refractivity contribution in [3.63, 3.8) is 0 Å². The van der Waals surface area contributed by atoms with Crippen LogP contribution >= 0.6 is 7.26 Å².